The molecule has 0 spiro atoms. The van der Waals surface area contributed by atoms with Gasteiger partial charge < -0.3 is 4.74 Å². The topological polar surface area (TPSA) is 88.1 Å². The zero-order valence-corrected chi connectivity index (χ0v) is 21.8. The maximum atomic E-state index is 12.4. The lowest BCUT2D eigenvalue weighted by molar-refractivity contribution is -0.119. The summed E-state index contributed by atoms with van der Waals surface area (Å²) in [6.45, 7) is 3.90. The van der Waals surface area contributed by atoms with Gasteiger partial charge in [0.2, 0.25) is 10.0 Å². The lowest BCUT2D eigenvalue weighted by Crippen LogP contribution is -2.39. The van der Waals surface area contributed by atoms with Crippen LogP contribution in [0, 0.1) is 13.8 Å². The van der Waals surface area contributed by atoms with E-state index in [4.69, 9.17) is 4.74 Å². The van der Waals surface area contributed by atoms with Gasteiger partial charge in [-0.05, 0) is 83.3 Å². The maximum Gasteiger partial charge on any atom is 0.260 e. The van der Waals surface area contributed by atoms with Crippen molar-refractivity contribution in [3.63, 3.8) is 0 Å². The number of ether oxygens (including phenoxy) is 1. The first-order valence-corrected chi connectivity index (χ1v) is 13.6. The Balaban J connectivity index is 1.34. The van der Waals surface area contributed by atoms with Gasteiger partial charge in [0.05, 0.1) is 18.2 Å². The minimum atomic E-state index is -3.66. The molecule has 0 aliphatic heterocycles. The number of carbonyl (C=O) groups excluding carboxylic acids is 1. The third-order valence-corrected chi connectivity index (χ3v) is 7.16. The minimum Gasteiger partial charge on any atom is -0.489 e. The highest BCUT2D eigenvalue weighted by molar-refractivity contribution is 7.92. The van der Waals surface area contributed by atoms with Gasteiger partial charge in [-0.15, -0.1) is 0 Å². The first-order chi connectivity index (χ1) is 17.7. The summed E-state index contributed by atoms with van der Waals surface area (Å²) < 4.78 is 31.6. The number of hydrazone groups is 1. The lowest BCUT2D eigenvalue weighted by Gasteiger charge is -2.22. The second kappa shape index (κ2) is 11.3. The fourth-order valence-corrected chi connectivity index (χ4v) is 4.70. The number of carbonyl (C=O) groups is 1. The first kappa shape index (κ1) is 25.9. The number of sulfonamides is 1. The van der Waals surface area contributed by atoms with Gasteiger partial charge in [-0.25, -0.2) is 13.8 Å². The van der Waals surface area contributed by atoms with Crippen LogP contribution in [-0.2, 0) is 21.4 Å². The summed E-state index contributed by atoms with van der Waals surface area (Å²) >= 11 is 0. The first-order valence-electron chi connectivity index (χ1n) is 11.8. The molecule has 0 atom stereocenters. The zero-order valence-electron chi connectivity index (χ0n) is 21.0. The van der Waals surface area contributed by atoms with Crippen molar-refractivity contribution in [1.29, 1.82) is 0 Å². The van der Waals surface area contributed by atoms with Gasteiger partial charge in [0.1, 0.15) is 18.9 Å². The summed E-state index contributed by atoms with van der Waals surface area (Å²) in [6.07, 6.45) is 2.57. The molecule has 0 radical (unpaired) electrons. The van der Waals surface area contributed by atoms with Crippen molar-refractivity contribution in [2.45, 2.75) is 20.5 Å². The van der Waals surface area contributed by atoms with Crippen LogP contribution in [0.2, 0.25) is 0 Å². The average molecular weight is 516 g/mol. The number of rotatable bonds is 9. The Morgan fingerprint density at radius 1 is 0.946 bits per heavy atom. The van der Waals surface area contributed by atoms with E-state index in [-0.39, 0.29) is 6.54 Å². The highest BCUT2D eigenvalue weighted by Crippen LogP contribution is 2.22. The van der Waals surface area contributed by atoms with E-state index < -0.39 is 15.9 Å². The van der Waals surface area contributed by atoms with Crippen molar-refractivity contribution in [3.05, 3.63) is 107 Å². The van der Waals surface area contributed by atoms with Crippen LogP contribution in [0.25, 0.3) is 10.8 Å². The lowest BCUT2D eigenvalue weighted by atomic mass is 10.1. The molecule has 190 valence electrons. The molecule has 0 aromatic heterocycles. The molecular formula is C29H29N3O4S. The number of aryl methyl sites for hydroxylation is 2. The minimum absolute atomic E-state index is 0.375. The van der Waals surface area contributed by atoms with Gasteiger partial charge in [0.25, 0.3) is 5.91 Å². The van der Waals surface area contributed by atoms with Crippen molar-refractivity contribution in [2.24, 2.45) is 5.10 Å². The Kier molecular flexibility index (Phi) is 7.89. The summed E-state index contributed by atoms with van der Waals surface area (Å²) in [5.74, 6) is 0.168. The molecule has 0 unspecified atom stereocenters. The standard InChI is InChI=1S/C29H29N3O4S/c1-21-11-14-26(17-22(21)2)32(37(3,34)35)19-29(33)31-30-18-23-12-15-27(16-13-23)36-20-25-9-6-8-24-7-4-5-10-28(24)25/h4-18H,19-20H2,1-3H3,(H,31,33)/b30-18-. The summed E-state index contributed by atoms with van der Waals surface area (Å²) in [7, 11) is -3.66. The van der Waals surface area contributed by atoms with E-state index in [1.807, 2.05) is 62.4 Å². The Morgan fingerprint density at radius 3 is 2.41 bits per heavy atom. The van der Waals surface area contributed by atoms with Crippen LogP contribution < -0.4 is 14.5 Å². The smallest absolute Gasteiger partial charge is 0.260 e. The van der Waals surface area contributed by atoms with Gasteiger partial charge in [-0.1, -0.05) is 48.5 Å². The van der Waals surface area contributed by atoms with Crippen LogP contribution in [0.15, 0.2) is 90.0 Å². The summed E-state index contributed by atoms with van der Waals surface area (Å²) in [6, 6.07) is 26.9. The van der Waals surface area contributed by atoms with E-state index in [1.165, 1.54) is 11.6 Å². The molecule has 4 rings (SSSR count). The van der Waals surface area contributed by atoms with E-state index in [1.54, 1.807) is 12.1 Å². The SMILES string of the molecule is Cc1ccc(N(CC(=O)N/N=C\c2ccc(OCc3cccc4ccccc34)cc2)S(C)(=O)=O)cc1C. The normalized spacial score (nSPS) is 11.5. The van der Waals surface area contributed by atoms with Gasteiger partial charge in [-0.3, -0.25) is 9.10 Å². The van der Waals surface area contributed by atoms with Gasteiger partial charge >= 0.3 is 0 Å². The summed E-state index contributed by atoms with van der Waals surface area (Å²) in [4.78, 5) is 12.4. The number of nitrogens with zero attached hydrogens (tertiary/aromatic N) is 2. The van der Waals surface area contributed by atoms with Gasteiger partial charge in [0.15, 0.2) is 0 Å². The van der Waals surface area contributed by atoms with Crippen LogP contribution in [0.3, 0.4) is 0 Å². The molecule has 0 fully saturated rings. The molecular weight excluding hydrogens is 486 g/mol. The van der Waals surface area contributed by atoms with Crippen molar-refractivity contribution in [2.75, 3.05) is 17.1 Å². The average Bonchev–Trinajstić information content (AvgIpc) is 2.88. The molecule has 8 heteroatoms. The molecule has 4 aromatic carbocycles. The quantitative estimate of drug-likeness (QED) is 0.252. The highest BCUT2D eigenvalue weighted by Gasteiger charge is 2.21. The Hall–Kier alpha value is -4.17. The molecule has 7 nitrogen and oxygen atoms in total. The molecule has 0 heterocycles. The van der Waals surface area contributed by atoms with Gasteiger partial charge in [-0.2, -0.15) is 5.10 Å². The monoisotopic (exact) mass is 515 g/mol. The second-order valence-electron chi connectivity index (χ2n) is 8.83. The fourth-order valence-electron chi connectivity index (χ4n) is 3.85. The largest absolute Gasteiger partial charge is 0.489 e. The number of amides is 1. The second-order valence-corrected chi connectivity index (χ2v) is 10.7. The van der Waals surface area contributed by atoms with E-state index in [2.05, 4.69) is 34.8 Å². The molecule has 37 heavy (non-hydrogen) atoms. The van der Waals surface area contributed by atoms with Gasteiger partial charge in [0, 0.05) is 0 Å². The molecule has 0 aliphatic carbocycles. The van der Waals surface area contributed by atoms with Crippen molar-refractivity contribution in [3.8, 4) is 5.75 Å². The van der Waals surface area contributed by atoms with Crippen LogP contribution in [-0.4, -0.2) is 33.3 Å². The fraction of sp³-hybridized carbons (Fsp3) is 0.172. The van der Waals surface area contributed by atoms with E-state index in [9.17, 15) is 13.2 Å². The van der Waals surface area contributed by atoms with Crippen LogP contribution in [0.5, 0.6) is 5.75 Å². The van der Waals surface area contributed by atoms with E-state index in [0.29, 0.717) is 18.0 Å². The highest BCUT2D eigenvalue weighted by atomic mass is 32.2. The molecule has 0 aliphatic rings. The number of hydrogen-bond donors (Lipinski definition) is 1. The van der Waals surface area contributed by atoms with Crippen molar-refractivity contribution in [1.82, 2.24) is 5.43 Å². The zero-order chi connectivity index (χ0) is 26.4. The molecule has 0 saturated heterocycles. The number of benzene rings is 4. The van der Waals surface area contributed by atoms with Crippen LogP contribution in [0.4, 0.5) is 5.69 Å². The molecule has 1 amide bonds. The predicted octanol–water partition coefficient (Wildman–Crippen LogP) is 4.95. The van der Waals surface area contributed by atoms with Crippen molar-refractivity contribution >= 4 is 38.6 Å². The van der Waals surface area contributed by atoms with Crippen molar-refractivity contribution < 1.29 is 17.9 Å². The molecule has 0 saturated carbocycles. The summed E-state index contributed by atoms with van der Waals surface area (Å²) in [5, 5.41) is 6.31. The number of nitrogens with one attached hydrogen (secondary N) is 1. The molecule has 0 bridgehead atoms. The number of fused-ring (bicyclic) bond motifs is 1. The Labute approximate surface area is 217 Å². The third-order valence-electron chi connectivity index (χ3n) is 6.02. The third kappa shape index (κ3) is 6.74. The number of hydrogen-bond acceptors (Lipinski definition) is 5. The Morgan fingerprint density at radius 2 is 1.68 bits per heavy atom. The maximum absolute atomic E-state index is 12.4. The molecule has 1 N–H and O–H groups in total. The molecule has 4 aromatic rings. The van der Waals surface area contributed by atoms with Crippen LogP contribution >= 0.6 is 0 Å². The Bertz CT molecular complexity index is 1540. The van der Waals surface area contributed by atoms with E-state index in [0.717, 1.165) is 38.2 Å². The summed E-state index contributed by atoms with van der Waals surface area (Å²) in [5.41, 5.74) is 6.68. The van der Waals surface area contributed by atoms with Crippen LogP contribution in [0.1, 0.15) is 22.3 Å². The number of anilines is 1. The predicted molar refractivity (Wildman–Crippen MR) is 149 cm³/mol. The van der Waals surface area contributed by atoms with E-state index >= 15 is 0 Å².